The fraction of sp³-hybridized carbons (Fsp3) is 0. The zero-order valence-corrected chi connectivity index (χ0v) is 10.7. The Kier molecular flexibility index (Phi) is 2.88. The number of phenolic OH excluding ortho intramolecular Hbond substituents is 1. The predicted octanol–water partition coefficient (Wildman–Crippen LogP) is 3.36. The topological polar surface area (TPSA) is 63.3 Å². The van der Waals surface area contributed by atoms with E-state index in [0.717, 1.165) is 10.8 Å². The molecule has 3 aromatic carbocycles. The molecule has 0 aliphatic heterocycles. The van der Waals surface area contributed by atoms with Crippen molar-refractivity contribution in [2.24, 2.45) is 0 Å². The van der Waals surface area contributed by atoms with Crippen LogP contribution in [0.5, 0.6) is 5.75 Å². The summed E-state index contributed by atoms with van der Waals surface area (Å²) in [6.45, 7) is 0. The van der Waals surface area contributed by atoms with Gasteiger partial charge in [0.1, 0.15) is 5.75 Å². The fourth-order valence-corrected chi connectivity index (χ4v) is 2.28. The number of hydrogen-bond acceptors (Lipinski definition) is 3. The summed E-state index contributed by atoms with van der Waals surface area (Å²) in [4.78, 5) is 12.4. The van der Waals surface area contributed by atoms with E-state index in [1.165, 1.54) is 0 Å². The van der Waals surface area contributed by atoms with E-state index in [-0.39, 0.29) is 22.8 Å². The molecule has 3 rings (SSSR count). The molecule has 0 amide bonds. The fourth-order valence-electron chi connectivity index (χ4n) is 2.28. The minimum Gasteiger partial charge on any atom is -0.505 e. The van der Waals surface area contributed by atoms with E-state index < -0.39 is 0 Å². The van der Waals surface area contributed by atoms with Crippen LogP contribution in [0.25, 0.3) is 10.8 Å². The van der Waals surface area contributed by atoms with Crippen LogP contribution in [-0.4, -0.2) is 10.9 Å². The second-order valence-electron chi connectivity index (χ2n) is 4.60. The molecular weight excluding hydrogens is 250 g/mol. The van der Waals surface area contributed by atoms with Crippen molar-refractivity contribution in [2.75, 3.05) is 5.73 Å². The first-order valence-corrected chi connectivity index (χ1v) is 6.28. The molecule has 0 saturated heterocycles. The Morgan fingerprint density at radius 2 is 1.60 bits per heavy atom. The molecule has 0 unspecified atom stereocenters. The molecule has 0 atom stereocenters. The highest BCUT2D eigenvalue weighted by Gasteiger charge is 2.17. The molecule has 20 heavy (non-hydrogen) atoms. The lowest BCUT2D eigenvalue weighted by Gasteiger charge is -2.10. The number of carbonyl (C=O) groups is 1. The van der Waals surface area contributed by atoms with Crippen LogP contribution < -0.4 is 5.73 Å². The quantitative estimate of drug-likeness (QED) is 0.423. The molecule has 0 aliphatic rings. The molecule has 3 aromatic rings. The van der Waals surface area contributed by atoms with Crippen LogP contribution in [-0.2, 0) is 0 Å². The maximum absolute atomic E-state index is 12.4. The van der Waals surface area contributed by atoms with Crippen molar-refractivity contribution in [3.05, 3.63) is 71.8 Å². The van der Waals surface area contributed by atoms with Gasteiger partial charge in [0.25, 0.3) is 0 Å². The monoisotopic (exact) mass is 263 g/mol. The van der Waals surface area contributed by atoms with Gasteiger partial charge in [-0.05, 0) is 11.5 Å². The number of aromatic hydroxyl groups is 1. The number of carbonyl (C=O) groups excluding carboxylic acids is 1. The number of phenols is 1. The number of fused-ring (bicyclic) bond motifs is 1. The molecule has 0 saturated carbocycles. The number of rotatable bonds is 2. The minimum absolute atomic E-state index is 0.155. The van der Waals surface area contributed by atoms with Crippen molar-refractivity contribution < 1.29 is 9.90 Å². The molecule has 3 N–H and O–H groups in total. The van der Waals surface area contributed by atoms with Crippen molar-refractivity contribution >= 4 is 22.2 Å². The van der Waals surface area contributed by atoms with Gasteiger partial charge in [-0.2, -0.15) is 0 Å². The highest BCUT2D eigenvalue weighted by atomic mass is 16.3. The summed E-state index contributed by atoms with van der Waals surface area (Å²) in [6, 6.07) is 17.9. The predicted molar refractivity (Wildman–Crippen MR) is 79.9 cm³/mol. The number of hydrogen-bond donors (Lipinski definition) is 2. The summed E-state index contributed by atoms with van der Waals surface area (Å²) in [6.07, 6.45) is 0. The first-order chi connectivity index (χ1) is 9.68. The number of anilines is 1. The molecule has 0 fully saturated rings. The summed E-state index contributed by atoms with van der Waals surface area (Å²) in [7, 11) is 0. The lowest BCUT2D eigenvalue weighted by molar-refractivity contribution is 0.103. The summed E-state index contributed by atoms with van der Waals surface area (Å²) >= 11 is 0. The van der Waals surface area contributed by atoms with Gasteiger partial charge in [-0.25, -0.2) is 0 Å². The molecule has 0 bridgehead atoms. The van der Waals surface area contributed by atoms with Gasteiger partial charge in [0.2, 0.25) is 0 Å². The van der Waals surface area contributed by atoms with E-state index in [1.54, 1.807) is 30.3 Å². The van der Waals surface area contributed by atoms with Crippen molar-refractivity contribution in [3.8, 4) is 5.75 Å². The Labute approximate surface area is 116 Å². The van der Waals surface area contributed by atoms with Gasteiger partial charge in [-0.1, -0.05) is 54.6 Å². The van der Waals surface area contributed by atoms with Gasteiger partial charge in [-0.3, -0.25) is 4.79 Å². The SMILES string of the molecule is Nc1c(O)c(C(=O)c2ccccc2)cc2ccccc12. The average Bonchev–Trinajstić information content (AvgIpc) is 2.51. The van der Waals surface area contributed by atoms with Gasteiger partial charge in [0.05, 0.1) is 11.3 Å². The third kappa shape index (κ3) is 1.89. The van der Waals surface area contributed by atoms with Crippen LogP contribution in [0.4, 0.5) is 5.69 Å². The van der Waals surface area contributed by atoms with Gasteiger partial charge < -0.3 is 10.8 Å². The van der Waals surface area contributed by atoms with Crippen molar-refractivity contribution in [1.82, 2.24) is 0 Å². The van der Waals surface area contributed by atoms with Crippen molar-refractivity contribution in [2.45, 2.75) is 0 Å². The molecule has 0 spiro atoms. The Balaban J connectivity index is 2.22. The summed E-state index contributed by atoms with van der Waals surface area (Å²) in [5.74, 6) is -0.391. The summed E-state index contributed by atoms with van der Waals surface area (Å²) in [5.41, 5.74) is 6.93. The van der Waals surface area contributed by atoms with Crippen LogP contribution in [0.15, 0.2) is 60.7 Å². The highest BCUT2D eigenvalue weighted by Crippen LogP contribution is 2.34. The average molecular weight is 263 g/mol. The lowest BCUT2D eigenvalue weighted by atomic mass is 9.97. The maximum atomic E-state index is 12.4. The number of nitrogen functional groups attached to an aromatic ring is 1. The van der Waals surface area contributed by atoms with Crippen LogP contribution in [0.3, 0.4) is 0 Å². The lowest BCUT2D eigenvalue weighted by Crippen LogP contribution is -2.03. The Hall–Kier alpha value is -2.81. The smallest absolute Gasteiger partial charge is 0.196 e. The van der Waals surface area contributed by atoms with Gasteiger partial charge in [0, 0.05) is 10.9 Å². The molecule has 0 heterocycles. The molecule has 0 aliphatic carbocycles. The Morgan fingerprint density at radius 3 is 2.35 bits per heavy atom. The summed E-state index contributed by atoms with van der Waals surface area (Å²) < 4.78 is 0. The molecule has 98 valence electrons. The second kappa shape index (κ2) is 4.70. The third-order valence-corrected chi connectivity index (χ3v) is 3.34. The van der Waals surface area contributed by atoms with E-state index in [0.29, 0.717) is 5.56 Å². The molecular formula is C17H13NO2. The molecule has 0 radical (unpaired) electrons. The standard InChI is InChI=1S/C17H13NO2/c18-15-13-9-5-4-8-12(13)10-14(17(15)20)16(19)11-6-2-1-3-7-11/h1-10,20H,18H2. The molecule has 3 heteroatoms. The van der Waals surface area contributed by atoms with Crippen LogP contribution in [0, 0.1) is 0 Å². The highest BCUT2D eigenvalue weighted by molar-refractivity contribution is 6.15. The Morgan fingerprint density at radius 1 is 0.950 bits per heavy atom. The van der Waals surface area contributed by atoms with Crippen LogP contribution in [0.1, 0.15) is 15.9 Å². The van der Waals surface area contributed by atoms with Crippen molar-refractivity contribution in [3.63, 3.8) is 0 Å². The van der Waals surface area contributed by atoms with E-state index >= 15 is 0 Å². The van der Waals surface area contributed by atoms with Crippen LogP contribution in [0.2, 0.25) is 0 Å². The minimum atomic E-state index is -0.236. The van der Waals surface area contributed by atoms with Gasteiger partial charge in [-0.15, -0.1) is 0 Å². The van der Waals surface area contributed by atoms with Crippen molar-refractivity contribution in [1.29, 1.82) is 0 Å². The molecule has 0 aromatic heterocycles. The zero-order valence-electron chi connectivity index (χ0n) is 10.7. The van der Waals surface area contributed by atoms with Gasteiger partial charge in [0.15, 0.2) is 5.78 Å². The van der Waals surface area contributed by atoms with E-state index in [2.05, 4.69) is 0 Å². The normalized spacial score (nSPS) is 10.6. The maximum Gasteiger partial charge on any atom is 0.196 e. The first-order valence-electron chi connectivity index (χ1n) is 6.28. The first kappa shape index (κ1) is 12.2. The van der Waals surface area contributed by atoms with Gasteiger partial charge >= 0.3 is 0 Å². The van der Waals surface area contributed by atoms with E-state index in [4.69, 9.17) is 5.73 Å². The van der Waals surface area contributed by atoms with Crippen LogP contribution >= 0.6 is 0 Å². The van der Waals surface area contributed by atoms with E-state index in [9.17, 15) is 9.90 Å². The number of nitrogens with two attached hydrogens (primary N) is 1. The second-order valence-corrected chi connectivity index (χ2v) is 4.60. The Bertz CT molecular complexity index is 795. The third-order valence-electron chi connectivity index (χ3n) is 3.34. The number of benzene rings is 3. The number of ketones is 1. The zero-order chi connectivity index (χ0) is 14.1. The summed E-state index contributed by atoms with van der Waals surface area (Å²) in [5, 5.41) is 11.8. The van der Waals surface area contributed by atoms with E-state index in [1.807, 2.05) is 30.3 Å². The largest absolute Gasteiger partial charge is 0.505 e. The molecule has 3 nitrogen and oxygen atoms in total.